The first kappa shape index (κ1) is 18.7. The lowest BCUT2D eigenvalue weighted by Crippen LogP contribution is -2.44. The number of nitrogens with one attached hydrogen (secondary N) is 1. The smallest absolute Gasteiger partial charge is 0.317 e. The zero-order valence-electron chi connectivity index (χ0n) is 13.0. The molecule has 0 heterocycles. The molecule has 2 amide bonds. The number of carboxylic acids is 1. The van der Waals surface area contributed by atoms with E-state index in [1.165, 1.54) is 0 Å². The molecule has 6 nitrogen and oxygen atoms in total. The average molecular weight is 288 g/mol. The monoisotopic (exact) mass is 288 g/mol. The maximum absolute atomic E-state index is 12.1. The highest BCUT2D eigenvalue weighted by Crippen LogP contribution is 2.05. The molecule has 0 saturated heterocycles. The van der Waals surface area contributed by atoms with Crippen molar-refractivity contribution >= 4 is 12.0 Å². The van der Waals surface area contributed by atoms with Crippen LogP contribution in [0.5, 0.6) is 0 Å². The Hall–Kier alpha value is -1.30. The normalized spacial score (nSPS) is 12.2. The number of hydrogen-bond acceptors (Lipinski definition) is 3. The number of nitrogens with zero attached hydrogens (tertiary/aromatic N) is 1. The molecule has 0 radical (unpaired) electrons. The highest BCUT2D eigenvalue weighted by molar-refractivity contribution is 5.74. The zero-order valence-corrected chi connectivity index (χ0v) is 13.0. The van der Waals surface area contributed by atoms with Gasteiger partial charge in [0.15, 0.2) is 0 Å². The maximum atomic E-state index is 12.1. The molecule has 0 saturated carbocycles. The molecule has 0 bridgehead atoms. The number of methoxy groups -OCH3 is 1. The summed E-state index contributed by atoms with van der Waals surface area (Å²) in [5.74, 6) is -0.259. The van der Waals surface area contributed by atoms with Crippen LogP contribution in [0.1, 0.15) is 33.6 Å². The minimum absolute atomic E-state index is 0.113. The van der Waals surface area contributed by atoms with Crippen LogP contribution in [0.3, 0.4) is 0 Å². The van der Waals surface area contributed by atoms with Gasteiger partial charge in [0.05, 0.1) is 6.61 Å². The molecular formula is C14H28N2O4. The fourth-order valence-electron chi connectivity index (χ4n) is 1.76. The summed E-state index contributed by atoms with van der Waals surface area (Å²) in [6.07, 6.45) is 0.703. The number of carbonyl (C=O) groups excluding carboxylic acids is 1. The van der Waals surface area contributed by atoms with Gasteiger partial charge in [0.2, 0.25) is 0 Å². The summed E-state index contributed by atoms with van der Waals surface area (Å²) in [5.41, 5.74) is 0. The van der Waals surface area contributed by atoms with E-state index in [1.54, 1.807) is 12.0 Å². The van der Waals surface area contributed by atoms with Crippen molar-refractivity contribution in [3.63, 3.8) is 0 Å². The Labute approximate surface area is 121 Å². The summed E-state index contributed by atoms with van der Waals surface area (Å²) in [5, 5.41) is 11.5. The van der Waals surface area contributed by atoms with E-state index in [9.17, 15) is 9.59 Å². The van der Waals surface area contributed by atoms with Crippen LogP contribution in [0, 0.1) is 11.8 Å². The molecule has 0 aromatic rings. The predicted octanol–water partition coefficient (Wildman–Crippen LogP) is 1.80. The van der Waals surface area contributed by atoms with Crippen molar-refractivity contribution < 1.29 is 19.4 Å². The highest BCUT2D eigenvalue weighted by Gasteiger charge is 2.15. The van der Waals surface area contributed by atoms with Crippen LogP contribution in [-0.2, 0) is 9.53 Å². The van der Waals surface area contributed by atoms with Gasteiger partial charge in [0.25, 0.3) is 0 Å². The first-order valence-electron chi connectivity index (χ1n) is 7.10. The third-order valence-electron chi connectivity index (χ3n) is 2.89. The molecule has 0 aromatic carbocycles. The van der Waals surface area contributed by atoms with Crippen molar-refractivity contribution in [2.75, 3.05) is 33.4 Å². The van der Waals surface area contributed by atoms with E-state index < -0.39 is 5.97 Å². The molecule has 0 spiro atoms. The third kappa shape index (κ3) is 9.61. The molecular weight excluding hydrogens is 260 g/mol. The van der Waals surface area contributed by atoms with Gasteiger partial charge in [-0.3, -0.25) is 4.79 Å². The molecule has 1 atom stereocenters. The Kier molecular flexibility index (Phi) is 9.80. The number of rotatable bonds is 10. The number of carbonyl (C=O) groups is 2. The molecule has 0 fully saturated rings. The second-order valence-corrected chi connectivity index (χ2v) is 5.56. The van der Waals surface area contributed by atoms with Crippen LogP contribution in [0.4, 0.5) is 4.79 Å². The van der Waals surface area contributed by atoms with Crippen LogP contribution in [0.25, 0.3) is 0 Å². The molecule has 0 aliphatic carbocycles. The number of ether oxygens (including phenoxy) is 1. The van der Waals surface area contributed by atoms with E-state index in [1.807, 2.05) is 6.92 Å². The van der Waals surface area contributed by atoms with Crippen LogP contribution in [0.2, 0.25) is 0 Å². The van der Waals surface area contributed by atoms with Crippen LogP contribution in [0.15, 0.2) is 0 Å². The molecule has 118 valence electrons. The topological polar surface area (TPSA) is 78.9 Å². The lowest BCUT2D eigenvalue weighted by Gasteiger charge is -2.25. The summed E-state index contributed by atoms with van der Waals surface area (Å²) in [7, 11) is 1.61. The summed E-state index contributed by atoms with van der Waals surface area (Å²) >= 11 is 0. The van der Waals surface area contributed by atoms with Gasteiger partial charge in [-0.15, -0.1) is 0 Å². The van der Waals surface area contributed by atoms with Crippen molar-refractivity contribution in [3.8, 4) is 0 Å². The summed E-state index contributed by atoms with van der Waals surface area (Å²) < 4.78 is 5.01. The molecule has 0 rings (SSSR count). The van der Waals surface area contributed by atoms with Crippen LogP contribution >= 0.6 is 0 Å². The minimum Gasteiger partial charge on any atom is -0.481 e. The zero-order chi connectivity index (χ0) is 15.5. The summed E-state index contributed by atoms with van der Waals surface area (Å²) in [4.78, 5) is 24.3. The first-order chi connectivity index (χ1) is 9.36. The van der Waals surface area contributed by atoms with Gasteiger partial charge in [0, 0.05) is 33.2 Å². The van der Waals surface area contributed by atoms with Crippen molar-refractivity contribution in [1.82, 2.24) is 10.2 Å². The van der Waals surface area contributed by atoms with E-state index in [0.29, 0.717) is 38.6 Å². The van der Waals surface area contributed by atoms with Crippen LogP contribution < -0.4 is 5.32 Å². The van der Waals surface area contributed by atoms with Gasteiger partial charge >= 0.3 is 12.0 Å². The number of amides is 2. The van der Waals surface area contributed by atoms with Crippen molar-refractivity contribution in [2.45, 2.75) is 33.6 Å². The van der Waals surface area contributed by atoms with Crippen molar-refractivity contribution in [1.29, 1.82) is 0 Å². The Morgan fingerprint density at radius 3 is 2.45 bits per heavy atom. The quantitative estimate of drug-likeness (QED) is 0.642. The Morgan fingerprint density at radius 2 is 1.95 bits per heavy atom. The lowest BCUT2D eigenvalue weighted by atomic mass is 10.1. The number of hydrogen-bond donors (Lipinski definition) is 2. The minimum atomic E-state index is -0.801. The molecule has 0 aromatic heterocycles. The van der Waals surface area contributed by atoms with E-state index in [-0.39, 0.29) is 18.4 Å². The SMILES string of the molecule is COCCN(CC(C)C)C(=O)NCC(C)CCC(=O)O. The van der Waals surface area contributed by atoms with Crippen molar-refractivity contribution in [2.24, 2.45) is 11.8 Å². The standard InChI is InChI=1S/C14H28N2O4/c1-11(2)10-16(7-8-20-4)14(19)15-9-12(3)5-6-13(17)18/h11-12H,5-10H2,1-4H3,(H,15,19)(H,17,18). The average Bonchev–Trinajstić information content (AvgIpc) is 2.37. The number of aliphatic carboxylic acids is 1. The van der Waals surface area contributed by atoms with Gasteiger partial charge in [-0.05, 0) is 18.3 Å². The highest BCUT2D eigenvalue weighted by atomic mass is 16.5. The van der Waals surface area contributed by atoms with Gasteiger partial charge in [0.1, 0.15) is 0 Å². The summed E-state index contributed by atoms with van der Waals surface area (Å²) in [6, 6.07) is -0.113. The third-order valence-corrected chi connectivity index (χ3v) is 2.89. The Bertz CT molecular complexity index is 295. The molecule has 20 heavy (non-hydrogen) atoms. The summed E-state index contributed by atoms with van der Waals surface area (Å²) in [6.45, 7) is 8.29. The van der Waals surface area contributed by atoms with E-state index >= 15 is 0 Å². The van der Waals surface area contributed by atoms with Gasteiger partial charge in [-0.25, -0.2) is 4.79 Å². The van der Waals surface area contributed by atoms with E-state index in [0.717, 1.165) is 0 Å². The molecule has 0 aliphatic heterocycles. The fourth-order valence-corrected chi connectivity index (χ4v) is 1.76. The van der Waals surface area contributed by atoms with E-state index in [4.69, 9.17) is 9.84 Å². The van der Waals surface area contributed by atoms with Gasteiger partial charge in [-0.2, -0.15) is 0 Å². The molecule has 2 N–H and O–H groups in total. The molecule has 1 unspecified atom stereocenters. The number of carboxylic acid groups (broad SMARTS) is 1. The largest absolute Gasteiger partial charge is 0.481 e. The van der Waals surface area contributed by atoms with Crippen molar-refractivity contribution in [3.05, 3.63) is 0 Å². The Morgan fingerprint density at radius 1 is 1.30 bits per heavy atom. The second-order valence-electron chi connectivity index (χ2n) is 5.56. The molecule has 0 aliphatic rings. The first-order valence-corrected chi connectivity index (χ1v) is 7.10. The maximum Gasteiger partial charge on any atom is 0.317 e. The fraction of sp³-hybridized carbons (Fsp3) is 0.857. The second kappa shape index (κ2) is 10.5. The van der Waals surface area contributed by atoms with Gasteiger partial charge < -0.3 is 20.1 Å². The lowest BCUT2D eigenvalue weighted by molar-refractivity contribution is -0.137. The molecule has 6 heteroatoms. The predicted molar refractivity (Wildman–Crippen MR) is 77.7 cm³/mol. The Balaban J connectivity index is 4.13. The van der Waals surface area contributed by atoms with E-state index in [2.05, 4.69) is 19.2 Å². The van der Waals surface area contributed by atoms with Crippen LogP contribution in [-0.4, -0.2) is 55.4 Å². The number of urea groups is 1. The van der Waals surface area contributed by atoms with Gasteiger partial charge in [-0.1, -0.05) is 20.8 Å².